The Kier molecular flexibility index (Phi) is 4.65. The third-order valence-corrected chi connectivity index (χ3v) is 4.32. The molecule has 20 heavy (non-hydrogen) atoms. The van der Waals surface area contributed by atoms with Crippen LogP contribution in [0.25, 0.3) is 0 Å². The van der Waals surface area contributed by atoms with E-state index in [4.69, 9.17) is 4.74 Å². The molecular weight excluding hydrogens is 250 g/mol. The van der Waals surface area contributed by atoms with Gasteiger partial charge in [0, 0.05) is 31.9 Å². The summed E-state index contributed by atoms with van der Waals surface area (Å²) in [5.74, 6) is 0. The fraction of sp³-hybridized carbons (Fsp3) is 0.688. The lowest BCUT2D eigenvalue weighted by Crippen LogP contribution is -2.45. The summed E-state index contributed by atoms with van der Waals surface area (Å²) in [7, 11) is 0. The largest absolute Gasteiger partial charge is 0.379 e. The summed E-state index contributed by atoms with van der Waals surface area (Å²) < 4.78 is 5.41. The van der Waals surface area contributed by atoms with Crippen molar-refractivity contribution in [1.29, 1.82) is 0 Å². The van der Waals surface area contributed by atoms with Gasteiger partial charge < -0.3 is 10.1 Å². The van der Waals surface area contributed by atoms with Crippen molar-refractivity contribution < 1.29 is 4.74 Å². The minimum atomic E-state index is 0.427. The summed E-state index contributed by atoms with van der Waals surface area (Å²) in [5, 5.41) is 3.78. The summed E-state index contributed by atoms with van der Waals surface area (Å²) in [4.78, 5) is 7.09. The first-order valence-corrected chi connectivity index (χ1v) is 7.83. The van der Waals surface area contributed by atoms with Crippen LogP contribution in [0.2, 0.25) is 0 Å². The Morgan fingerprint density at radius 1 is 1.45 bits per heavy atom. The number of aryl methyl sites for hydroxylation is 1. The molecule has 2 heterocycles. The Morgan fingerprint density at radius 2 is 2.30 bits per heavy atom. The van der Waals surface area contributed by atoms with Crippen molar-refractivity contribution in [3.05, 3.63) is 29.6 Å². The molecule has 110 valence electrons. The van der Waals surface area contributed by atoms with Gasteiger partial charge in [-0.1, -0.05) is 6.07 Å². The van der Waals surface area contributed by atoms with Crippen molar-refractivity contribution in [3.63, 3.8) is 0 Å². The highest BCUT2D eigenvalue weighted by atomic mass is 16.5. The van der Waals surface area contributed by atoms with Gasteiger partial charge in [0.05, 0.1) is 24.9 Å². The molecule has 1 aromatic rings. The van der Waals surface area contributed by atoms with Gasteiger partial charge in [-0.3, -0.25) is 9.88 Å². The molecule has 4 nitrogen and oxygen atoms in total. The number of ether oxygens (including phenoxy) is 1. The SMILES string of the molecule is CC(CN1CCOCC1)NC1CCCc2cccnc21. The lowest BCUT2D eigenvalue weighted by molar-refractivity contribution is 0.0337. The number of fused-ring (bicyclic) bond motifs is 1. The van der Waals surface area contributed by atoms with E-state index >= 15 is 0 Å². The second kappa shape index (κ2) is 6.66. The van der Waals surface area contributed by atoms with E-state index in [9.17, 15) is 0 Å². The average Bonchev–Trinajstić information content (AvgIpc) is 2.48. The monoisotopic (exact) mass is 275 g/mol. The van der Waals surface area contributed by atoms with Crippen LogP contribution in [0, 0.1) is 0 Å². The van der Waals surface area contributed by atoms with E-state index in [1.165, 1.54) is 30.5 Å². The van der Waals surface area contributed by atoms with Crippen molar-refractivity contribution >= 4 is 0 Å². The van der Waals surface area contributed by atoms with Crippen LogP contribution >= 0.6 is 0 Å². The molecule has 1 aromatic heterocycles. The van der Waals surface area contributed by atoms with Gasteiger partial charge in [0.25, 0.3) is 0 Å². The smallest absolute Gasteiger partial charge is 0.0605 e. The Bertz CT molecular complexity index is 431. The van der Waals surface area contributed by atoms with Crippen molar-refractivity contribution in [1.82, 2.24) is 15.2 Å². The van der Waals surface area contributed by atoms with Gasteiger partial charge in [-0.2, -0.15) is 0 Å². The van der Waals surface area contributed by atoms with Crippen molar-refractivity contribution in [3.8, 4) is 0 Å². The second-order valence-corrected chi connectivity index (χ2v) is 5.97. The van der Waals surface area contributed by atoms with Gasteiger partial charge in [0.2, 0.25) is 0 Å². The number of aromatic nitrogens is 1. The molecule has 4 heteroatoms. The molecule has 0 radical (unpaired) electrons. The van der Waals surface area contributed by atoms with Crippen molar-refractivity contribution in [2.24, 2.45) is 0 Å². The number of rotatable bonds is 4. The molecule has 2 aliphatic rings. The highest BCUT2D eigenvalue weighted by molar-refractivity contribution is 5.25. The maximum Gasteiger partial charge on any atom is 0.0605 e. The average molecular weight is 275 g/mol. The number of nitrogens with zero attached hydrogens (tertiary/aromatic N) is 2. The summed E-state index contributed by atoms with van der Waals surface area (Å²) >= 11 is 0. The maximum atomic E-state index is 5.41. The van der Waals surface area contributed by atoms with Crippen LogP contribution < -0.4 is 5.32 Å². The molecule has 3 rings (SSSR count). The van der Waals surface area contributed by atoms with Gasteiger partial charge in [0.1, 0.15) is 0 Å². The zero-order valence-electron chi connectivity index (χ0n) is 12.3. The summed E-state index contributed by atoms with van der Waals surface area (Å²) in [5.41, 5.74) is 2.70. The van der Waals surface area contributed by atoms with E-state index in [0.717, 1.165) is 32.8 Å². The van der Waals surface area contributed by atoms with E-state index in [2.05, 4.69) is 34.3 Å². The third-order valence-electron chi connectivity index (χ3n) is 4.32. The molecule has 0 spiro atoms. The maximum absolute atomic E-state index is 5.41. The normalized spacial score (nSPS) is 25.1. The van der Waals surface area contributed by atoms with Crippen LogP contribution in [0.3, 0.4) is 0 Å². The fourth-order valence-corrected chi connectivity index (χ4v) is 3.34. The van der Waals surface area contributed by atoms with Gasteiger partial charge in [-0.05, 0) is 37.8 Å². The van der Waals surface area contributed by atoms with Crippen LogP contribution in [0.5, 0.6) is 0 Å². The molecule has 2 atom stereocenters. The Labute approximate surface area is 121 Å². The van der Waals surface area contributed by atoms with Gasteiger partial charge in [-0.15, -0.1) is 0 Å². The van der Waals surface area contributed by atoms with Crippen LogP contribution in [-0.4, -0.2) is 48.8 Å². The van der Waals surface area contributed by atoms with Crippen molar-refractivity contribution in [2.75, 3.05) is 32.8 Å². The molecular formula is C16H25N3O. The highest BCUT2D eigenvalue weighted by Crippen LogP contribution is 2.27. The first-order chi connectivity index (χ1) is 9.83. The van der Waals surface area contributed by atoms with E-state index in [-0.39, 0.29) is 0 Å². The first kappa shape index (κ1) is 14.0. The van der Waals surface area contributed by atoms with E-state index in [1.54, 1.807) is 0 Å². The number of morpholine rings is 1. The summed E-state index contributed by atoms with van der Waals surface area (Å²) in [6.07, 6.45) is 5.57. The lowest BCUT2D eigenvalue weighted by Gasteiger charge is -2.32. The fourth-order valence-electron chi connectivity index (χ4n) is 3.34. The first-order valence-electron chi connectivity index (χ1n) is 7.83. The molecule has 2 unspecified atom stereocenters. The van der Waals surface area contributed by atoms with E-state index in [1.807, 2.05) is 6.20 Å². The molecule has 1 fully saturated rings. The van der Waals surface area contributed by atoms with Crippen LogP contribution in [0.15, 0.2) is 18.3 Å². The Morgan fingerprint density at radius 3 is 3.15 bits per heavy atom. The standard InChI is InChI=1S/C16H25N3O/c1-13(12-19-8-10-20-11-9-19)18-15-6-2-4-14-5-3-7-17-16(14)15/h3,5,7,13,15,18H,2,4,6,8-12H2,1H3. The molecule has 0 bridgehead atoms. The predicted molar refractivity (Wildman–Crippen MR) is 79.8 cm³/mol. The van der Waals surface area contributed by atoms with E-state index < -0.39 is 0 Å². The highest BCUT2D eigenvalue weighted by Gasteiger charge is 2.23. The zero-order valence-corrected chi connectivity index (χ0v) is 12.3. The predicted octanol–water partition coefficient (Wildman–Crippen LogP) is 1.77. The number of pyridine rings is 1. The molecule has 0 amide bonds. The van der Waals surface area contributed by atoms with Crippen molar-refractivity contribution in [2.45, 2.75) is 38.3 Å². The van der Waals surface area contributed by atoms with Crippen LogP contribution in [-0.2, 0) is 11.2 Å². The number of nitrogens with one attached hydrogen (secondary N) is 1. The summed E-state index contributed by atoms with van der Waals surface area (Å²) in [6, 6.07) is 5.20. The van der Waals surface area contributed by atoms with Crippen LogP contribution in [0.4, 0.5) is 0 Å². The zero-order chi connectivity index (χ0) is 13.8. The minimum absolute atomic E-state index is 0.427. The lowest BCUT2D eigenvalue weighted by atomic mass is 9.91. The molecule has 1 N–H and O–H groups in total. The van der Waals surface area contributed by atoms with E-state index in [0.29, 0.717) is 12.1 Å². The Hall–Kier alpha value is -0.970. The molecule has 0 saturated carbocycles. The molecule has 1 saturated heterocycles. The second-order valence-electron chi connectivity index (χ2n) is 5.97. The Balaban J connectivity index is 1.57. The van der Waals surface area contributed by atoms with Crippen LogP contribution in [0.1, 0.15) is 37.1 Å². The minimum Gasteiger partial charge on any atom is -0.379 e. The molecule has 1 aliphatic carbocycles. The number of hydrogen-bond acceptors (Lipinski definition) is 4. The molecule has 1 aliphatic heterocycles. The summed E-state index contributed by atoms with van der Waals surface area (Å²) in [6.45, 7) is 7.26. The number of hydrogen-bond donors (Lipinski definition) is 1. The van der Waals surface area contributed by atoms with Gasteiger partial charge in [0.15, 0.2) is 0 Å². The van der Waals surface area contributed by atoms with Gasteiger partial charge >= 0.3 is 0 Å². The quantitative estimate of drug-likeness (QED) is 0.909. The topological polar surface area (TPSA) is 37.4 Å². The molecule has 0 aromatic carbocycles. The third kappa shape index (κ3) is 3.37. The van der Waals surface area contributed by atoms with Gasteiger partial charge in [-0.25, -0.2) is 0 Å².